The minimum absolute atomic E-state index is 0.0604. The van der Waals surface area contributed by atoms with Crippen LogP contribution >= 0.6 is 0 Å². The fraction of sp³-hybridized carbons (Fsp3) is 0.500. The van der Waals surface area contributed by atoms with Gasteiger partial charge >= 0.3 is 11.9 Å². The Kier molecular flexibility index (Phi) is 4.42. The SMILES string of the molecule is C=CC[C@@]1(C(=O)O)CCCN(Cc2cn[nH]c2C(=O)O)C1. The number of aliphatic carboxylic acids is 1. The average Bonchev–Trinajstić information content (AvgIpc) is 2.87. The van der Waals surface area contributed by atoms with Crippen LogP contribution in [0.1, 0.15) is 35.3 Å². The van der Waals surface area contributed by atoms with E-state index in [-0.39, 0.29) is 5.69 Å². The van der Waals surface area contributed by atoms with E-state index in [0.29, 0.717) is 31.5 Å². The first-order valence-electron chi connectivity index (χ1n) is 6.81. The summed E-state index contributed by atoms with van der Waals surface area (Å²) in [6, 6.07) is 0. The van der Waals surface area contributed by atoms with Gasteiger partial charge in [0, 0.05) is 18.7 Å². The predicted molar refractivity (Wildman–Crippen MR) is 74.9 cm³/mol. The van der Waals surface area contributed by atoms with Crippen molar-refractivity contribution in [3.05, 3.63) is 30.1 Å². The number of carbonyl (C=O) groups is 2. The number of piperidine rings is 1. The van der Waals surface area contributed by atoms with Gasteiger partial charge in [-0.05, 0) is 25.8 Å². The van der Waals surface area contributed by atoms with Crippen LogP contribution in [-0.2, 0) is 11.3 Å². The number of nitrogens with one attached hydrogen (secondary N) is 1. The minimum atomic E-state index is -1.06. The largest absolute Gasteiger partial charge is 0.481 e. The summed E-state index contributed by atoms with van der Waals surface area (Å²) in [5.41, 5.74) is -0.194. The zero-order valence-electron chi connectivity index (χ0n) is 11.7. The van der Waals surface area contributed by atoms with E-state index in [1.54, 1.807) is 6.08 Å². The van der Waals surface area contributed by atoms with E-state index >= 15 is 0 Å². The van der Waals surface area contributed by atoms with Gasteiger partial charge in [0.25, 0.3) is 0 Å². The Balaban J connectivity index is 2.14. The topological polar surface area (TPSA) is 107 Å². The van der Waals surface area contributed by atoms with Crippen molar-refractivity contribution in [1.82, 2.24) is 15.1 Å². The molecule has 114 valence electrons. The lowest BCUT2D eigenvalue weighted by atomic mass is 9.77. The molecule has 0 amide bonds. The van der Waals surface area contributed by atoms with Crippen LogP contribution in [0.4, 0.5) is 0 Å². The molecule has 7 nitrogen and oxygen atoms in total. The number of aromatic nitrogens is 2. The normalized spacial score (nSPS) is 22.9. The summed E-state index contributed by atoms with van der Waals surface area (Å²) < 4.78 is 0. The molecule has 3 N–H and O–H groups in total. The molecule has 1 fully saturated rings. The van der Waals surface area contributed by atoms with E-state index in [1.165, 1.54) is 6.20 Å². The Labute approximate surface area is 122 Å². The zero-order valence-corrected chi connectivity index (χ0v) is 11.7. The number of nitrogens with zero attached hydrogens (tertiary/aromatic N) is 2. The molecule has 21 heavy (non-hydrogen) atoms. The van der Waals surface area contributed by atoms with Crippen molar-refractivity contribution in [2.24, 2.45) is 5.41 Å². The molecule has 1 aromatic rings. The van der Waals surface area contributed by atoms with Crippen LogP contribution in [0.2, 0.25) is 0 Å². The summed E-state index contributed by atoms with van der Waals surface area (Å²) in [6.07, 6.45) is 4.91. The summed E-state index contributed by atoms with van der Waals surface area (Å²) in [6.45, 7) is 5.16. The maximum Gasteiger partial charge on any atom is 0.354 e. The number of carboxylic acids is 2. The lowest BCUT2D eigenvalue weighted by Crippen LogP contribution is -2.47. The third-order valence-electron chi connectivity index (χ3n) is 3.97. The van der Waals surface area contributed by atoms with E-state index in [1.807, 2.05) is 4.90 Å². The van der Waals surface area contributed by atoms with Crippen molar-refractivity contribution in [3.8, 4) is 0 Å². The highest BCUT2D eigenvalue weighted by atomic mass is 16.4. The molecule has 1 aliphatic heterocycles. The molecule has 1 aromatic heterocycles. The zero-order chi connectivity index (χ0) is 15.5. The van der Waals surface area contributed by atoms with Gasteiger partial charge in [-0.2, -0.15) is 5.10 Å². The van der Waals surface area contributed by atoms with Crippen molar-refractivity contribution in [2.45, 2.75) is 25.8 Å². The maximum absolute atomic E-state index is 11.6. The molecule has 2 rings (SSSR count). The molecule has 0 aliphatic carbocycles. The number of aromatic carboxylic acids is 1. The summed E-state index contributed by atoms with van der Waals surface area (Å²) in [4.78, 5) is 24.6. The molecule has 0 radical (unpaired) electrons. The van der Waals surface area contributed by atoms with Crippen molar-refractivity contribution in [3.63, 3.8) is 0 Å². The van der Waals surface area contributed by atoms with Gasteiger partial charge in [-0.3, -0.25) is 14.8 Å². The highest BCUT2D eigenvalue weighted by Gasteiger charge is 2.41. The molecular formula is C14H19N3O4. The van der Waals surface area contributed by atoms with Crippen LogP contribution < -0.4 is 0 Å². The highest BCUT2D eigenvalue weighted by molar-refractivity contribution is 5.86. The first-order chi connectivity index (χ1) is 9.98. The molecule has 0 spiro atoms. The van der Waals surface area contributed by atoms with E-state index < -0.39 is 17.4 Å². The second-order valence-corrected chi connectivity index (χ2v) is 5.47. The van der Waals surface area contributed by atoms with Crippen LogP contribution in [0.5, 0.6) is 0 Å². The third-order valence-corrected chi connectivity index (χ3v) is 3.97. The molecule has 7 heteroatoms. The fourth-order valence-corrected chi connectivity index (χ4v) is 2.92. The fourth-order valence-electron chi connectivity index (χ4n) is 2.92. The highest BCUT2D eigenvalue weighted by Crippen LogP contribution is 2.35. The Morgan fingerprint density at radius 1 is 1.52 bits per heavy atom. The Bertz CT molecular complexity index is 554. The molecule has 0 unspecified atom stereocenters. The van der Waals surface area contributed by atoms with Gasteiger partial charge in [0.15, 0.2) is 0 Å². The number of rotatable bonds is 6. The first kappa shape index (κ1) is 15.2. The molecule has 1 atom stereocenters. The van der Waals surface area contributed by atoms with E-state index in [4.69, 9.17) is 5.11 Å². The lowest BCUT2D eigenvalue weighted by Gasteiger charge is -2.39. The smallest absolute Gasteiger partial charge is 0.354 e. The van der Waals surface area contributed by atoms with Gasteiger partial charge in [0.1, 0.15) is 5.69 Å². The quantitative estimate of drug-likeness (QED) is 0.683. The number of likely N-dealkylation sites (tertiary alicyclic amines) is 1. The number of carboxylic acid groups (broad SMARTS) is 2. The van der Waals surface area contributed by atoms with E-state index in [2.05, 4.69) is 16.8 Å². The summed E-state index contributed by atoms with van der Waals surface area (Å²) in [5, 5.41) is 24.8. The summed E-state index contributed by atoms with van der Waals surface area (Å²) in [7, 11) is 0. The van der Waals surface area contributed by atoms with Crippen molar-refractivity contribution in [1.29, 1.82) is 0 Å². The summed E-state index contributed by atoms with van der Waals surface area (Å²) in [5.74, 6) is -1.88. The third kappa shape index (κ3) is 3.13. The Morgan fingerprint density at radius 2 is 2.29 bits per heavy atom. The molecule has 0 aromatic carbocycles. The number of allylic oxidation sites excluding steroid dienone is 1. The number of H-pyrrole nitrogens is 1. The van der Waals surface area contributed by atoms with Gasteiger partial charge < -0.3 is 10.2 Å². The Morgan fingerprint density at radius 3 is 2.90 bits per heavy atom. The number of hydrogen-bond acceptors (Lipinski definition) is 4. The Hall–Kier alpha value is -2.15. The second-order valence-electron chi connectivity index (χ2n) is 5.47. The van der Waals surface area contributed by atoms with Gasteiger partial charge in [0.05, 0.1) is 11.6 Å². The van der Waals surface area contributed by atoms with Crippen LogP contribution in [0, 0.1) is 5.41 Å². The van der Waals surface area contributed by atoms with Crippen molar-refractivity contribution < 1.29 is 19.8 Å². The predicted octanol–water partition coefficient (Wildman–Crippen LogP) is 1.35. The average molecular weight is 293 g/mol. The van der Waals surface area contributed by atoms with Crippen molar-refractivity contribution >= 4 is 11.9 Å². The van der Waals surface area contributed by atoms with Crippen LogP contribution in [0.15, 0.2) is 18.9 Å². The van der Waals surface area contributed by atoms with Crippen LogP contribution in [-0.4, -0.2) is 50.3 Å². The second kappa shape index (κ2) is 6.09. The number of hydrogen-bond donors (Lipinski definition) is 3. The molecule has 1 saturated heterocycles. The maximum atomic E-state index is 11.6. The van der Waals surface area contributed by atoms with Crippen LogP contribution in [0.25, 0.3) is 0 Å². The summed E-state index contributed by atoms with van der Waals surface area (Å²) >= 11 is 0. The molecule has 0 bridgehead atoms. The van der Waals surface area contributed by atoms with Gasteiger partial charge in [-0.1, -0.05) is 6.08 Å². The lowest BCUT2D eigenvalue weighted by molar-refractivity contribution is -0.152. The minimum Gasteiger partial charge on any atom is -0.481 e. The standard InChI is InChI=1S/C14H19N3O4/c1-2-4-14(13(20)21)5-3-6-17(9-14)8-10-7-15-16-11(10)12(18)19/h2,7H,1,3-6,8-9H2,(H,15,16)(H,18,19)(H,20,21)/t14-/m1/s1. The first-order valence-corrected chi connectivity index (χ1v) is 6.81. The van der Waals surface area contributed by atoms with E-state index in [9.17, 15) is 14.7 Å². The van der Waals surface area contributed by atoms with Gasteiger partial charge in [-0.25, -0.2) is 4.79 Å². The monoisotopic (exact) mass is 293 g/mol. The molecule has 0 saturated carbocycles. The van der Waals surface area contributed by atoms with Crippen molar-refractivity contribution in [2.75, 3.05) is 13.1 Å². The van der Waals surface area contributed by atoms with Gasteiger partial charge in [-0.15, -0.1) is 6.58 Å². The molecule has 2 heterocycles. The van der Waals surface area contributed by atoms with Gasteiger partial charge in [0.2, 0.25) is 0 Å². The molecular weight excluding hydrogens is 274 g/mol. The number of aromatic amines is 1. The molecule has 1 aliphatic rings. The van der Waals surface area contributed by atoms with E-state index in [0.717, 1.165) is 13.0 Å². The van der Waals surface area contributed by atoms with Crippen LogP contribution in [0.3, 0.4) is 0 Å².